The lowest BCUT2D eigenvalue weighted by atomic mass is 10.2. The van der Waals surface area contributed by atoms with E-state index in [0.717, 1.165) is 29.4 Å². The fraction of sp³-hybridized carbons (Fsp3) is 0.273. The predicted molar refractivity (Wildman–Crippen MR) is 58.5 cm³/mol. The number of nitrogens with two attached hydrogens (primary N) is 1. The minimum absolute atomic E-state index is 0.698. The first kappa shape index (κ1) is 8.94. The van der Waals surface area contributed by atoms with Gasteiger partial charge in [0.1, 0.15) is 12.4 Å². The summed E-state index contributed by atoms with van der Waals surface area (Å²) < 4.78 is 5.52. The Kier molecular flexibility index (Phi) is 2.08. The molecule has 14 heavy (non-hydrogen) atoms. The van der Waals surface area contributed by atoms with E-state index in [4.69, 9.17) is 10.5 Å². The molecule has 1 heterocycles. The van der Waals surface area contributed by atoms with Crippen molar-refractivity contribution in [3.8, 4) is 5.75 Å². The van der Waals surface area contributed by atoms with Gasteiger partial charge in [0.05, 0.1) is 12.2 Å². The van der Waals surface area contributed by atoms with E-state index in [2.05, 4.69) is 11.5 Å². The Morgan fingerprint density at radius 3 is 3.07 bits per heavy atom. The zero-order valence-corrected chi connectivity index (χ0v) is 8.29. The average Bonchev–Trinajstić information content (AvgIpc) is 2.16. The van der Waals surface area contributed by atoms with Crippen LogP contribution in [-0.2, 0) is 0 Å². The summed E-state index contributed by atoms with van der Waals surface area (Å²) in [5.41, 5.74) is 8.51. The van der Waals surface area contributed by atoms with Gasteiger partial charge >= 0.3 is 0 Å². The number of hydrogen-bond donors (Lipinski definition) is 1. The van der Waals surface area contributed by atoms with E-state index in [1.54, 1.807) is 0 Å². The quantitative estimate of drug-likeness (QED) is 0.688. The van der Waals surface area contributed by atoms with E-state index < -0.39 is 0 Å². The van der Waals surface area contributed by atoms with Crippen LogP contribution in [0.25, 0.3) is 0 Å². The molecule has 0 saturated heterocycles. The van der Waals surface area contributed by atoms with Crippen molar-refractivity contribution in [3.63, 3.8) is 0 Å². The molecule has 1 aliphatic heterocycles. The fourth-order valence-electron chi connectivity index (χ4n) is 1.63. The Morgan fingerprint density at radius 2 is 2.36 bits per heavy atom. The van der Waals surface area contributed by atoms with E-state index >= 15 is 0 Å². The number of anilines is 2. The first-order valence-corrected chi connectivity index (χ1v) is 4.64. The van der Waals surface area contributed by atoms with Crippen molar-refractivity contribution in [2.45, 2.75) is 6.92 Å². The fourth-order valence-corrected chi connectivity index (χ4v) is 1.63. The van der Waals surface area contributed by atoms with Gasteiger partial charge in [0.2, 0.25) is 0 Å². The van der Waals surface area contributed by atoms with E-state index in [0.29, 0.717) is 6.61 Å². The molecule has 0 radical (unpaired) electrons. The van der Waals surface area contributed by atoms with Gasteiger partial charge in [0.15, 0.2) is 0 Å². The molecule has 74 valence electrons. The lowest BCUT2D eigenvalue weighted by Gasteiger charge is -2.31. The highest BCUT2D eigenvalue weighted by Crippen LogP contribution is 2.34. The first-order valence-electron chi connectivity index (χ1n) is 4.64. The van der Waals surface area contributed by atoms with Crippen molar-refractivity contribution in [3.05, 3.63) is 30.5 Å². The highest BCUT2D eigenvalue weighted by Gasteiger charge is 2.18. The summed E-state index contributed by atoms with van der Waals surface area (Å²) in [5.74, 6) is 0.883. The summed E-state index contributed by atoms with van der Waals surface area (Å²) in [6.07, 6.45) is 0. The Labute approximate surface area is 83.8 Å². The number of allylic oxidation sites excluding steroid dienone is 1. The van der Waals surface area contributed by atoms with Gasteiger partial charge in [-0.15, -0.1) is 0 Å². The minimum atomic E-state index is 0.698. The molecule has 0 spiro atoms. The Balaban J connectivity index is 2.46. The Hall–Kier alpha value is -1.64. The monoisotopic (exact) mass is 190 g/mol. The summed E-state index contributed by atoms with van der Waals surface area (Å²) in [7, 11) is 0. The van der Waals surface area contributed by atoms with Crippen molar-refractivity contribution in [2.24, 2.45) is 0 Å². The summed E-state index contributed by atoms with van der Waals surface area (Å²) in [6.45, 7) is 7.46. The molecule has 0 bridgehead atoms. The number of rotatable bonds is 1. The molecular weight excluding hydrogens is 176 g/mol. The van der Waals surface area contributed by atoms with E-state index in [9.17, 15) is 0 Å². The first-order chi connectivity index (χ1) is 6.68. The molecule has 0 atom stereocenters. The van der Waals surface area contributed by atoms with Crippen LogP contribution >= 0.6 is 0 Å². The second-order valence-electron chi connectivity index (χ2n) is 3.46. The third-order valence-corrected chi connectivity index (χ3v) is 2.31. The van der Waals surface area contributed by atoms with Crippen molar-refractivity contribution in [2.75, 3.05) is 23.8 Å². The van der Waals surface area contributed by atoms with Crippen LogP contribution in [0.5, 0.6) is 5.75 Å². The number of benzene rings is 1. The van der Waals surface area contributed by atoms with Gasteiger partial charge in [-0.2, -0.15) is 0 Å². The van der Waals surface area contributed by atoms with Gasteiger partial charge in [0.25, 0.3) is 0 Å². The smallest absolute Gasteiger partial charge is 0.143 e. The van der Waals surface area contributed by atoms with Crippen molar-refractivity contribution in [1.82, 2.24) is 0 Å². The van der Waals surface area contributed by atoms with Gasteiger partial charge in [-0.25, -0.2) is 0 Å². The van der Waals surface area contributed by atoms with E-state index in [-0.39, 0.29) is 0 Å². The second kappa shape index (κ2) is 3.25. The largest absolute Gasteiger partial charge is 0.490 e. The molecule has 3 heteroatoms. The standard InChI is InChI=1S/C11H14N2O/c1-8(2)13-5-6-14-11-4-3-9(12)7-10(11)13/h3-4,7H,1,5-6,12H2,2H3. The maximum atomic E-state index is 5.73. The molecule has 0 unspecified atom stereocenters. The van der Waals surface area contributed by atoms with Crippen LogP contribution in [0.4, 0.5) is 11.4 Å². The van der Waals surface area contributed by atoms with Gasteiger partial charge in [-0.3, -0.25) is 0 Å². The van der Waals surface area contributed by atoms with Gasteiger partial charge < -0.3 is 15.4 Å². The summed E-state index contributed by atoms with van der Waals surface area (Å²) in [5, 5.41) is 0. The normalized spacial score (nSPS) is 14.5. The molecule has 2 N–H and O–H groups in total. The SMILES string of the molecule is C=C(C)N1CCOc2ccc(N)cc21. The highest BCUT2D eigenvalue weighted by molar-refractivity contribution is 5.68. The van der Waals surface area contributed by atoms with Crippen molar-refractivity contribution < 1.29 is 4.74 Å². The lowest BCUT2D eigenvalue weighted by molar-refractivity contribution is 0.312. The maximum Gasteiger partial charge on any atom is 0.143 e. The van der Waals surface area contributed by atoms with Crippen LogP contribution in [0.15, 0.2) is 30.5 Å². The van der Waals surface area contributed by atoms with Crippen LogP contribution in [0.3, 0.4) is 0 Å². The maximum absolute atomic E-state index is 5.73. The molecule has 1 aromatic carbocycles. The van der Waals surface area contributed by atoms with Crippen LogP contribution in [0.2, 0.25) is 0 Å². The van der Waals surface area contributed by atoms with Crippen LogP contribution in [-0.4, -0.2) is 13.2 Å². The molecule has 0 fully saturated rings. The predicted octanol–water partition coefficient (Wildman–Crippen LogP) is 2.00. The molecule has 0 amide bonds. The van der Waals surface area contributed by atoms with Crippen molar-refractivity contribution >= 4 is 11.4 Å². The third-order valence-electron chi connectivity index (χ3n) is 2.31. The summed E-state index contributed by atoms with van der Waals surface area (Å²) in [6, 6.07) is 5.67. The Morgan fingerprint density at radius 1 is 1.57 bits per heavy atom. The lowest BCUT2D eigenvalue weighted by Crippen LogP contribution is -2.30. The molecule has 0 saturated carbocycles. The Bertz CT molecular complexity index is 374. The molecule has 0 aliphatic carbocycles. The highest BCUT2D eigenvalue weighted by atomic mass is 16.5. The number of ether oxygens (including phenoxy) is 1. The second-order valence-corrected chi connectivity index (χ2v) is 3.46. The average molecular weight is 190 g/mol. The minimum Gasteiger partial charge on any atom is -0.490 e. The molecule has 1 aromatic rings. The molecule has 0 aromatic heterocycles. The third kappa shape index (κ3) is 1.41. The zero-order chi connectivity index (χ0) is 10.1. The number of hydrogen-bond acceptors (Lipinski definition) is 3. The van der Waals surface area contributed by atoms with Gasteiger partial charge in [-0.05, 0) is 25.1 Å². The van der Waals surface area contributed by atoms with Crippen molar-refractivity contribution in [1.29, 1.82) is 0 Å². The molecular formula is C11H14N2O. The van der Waals surface area contributed by atoms with Gasteiger partial charge in [0, 0.05) is 11.4 Å². The van der Waals surface area contributed by atoms with Crippen LogP contribution in [0, 0.1) is 0 Å². The molecule has 2 rings (SSSR count). The number of nitrogen functional groups attached to an aromatic ring is 1. The molecule has 1 aliphatic rings. The molecule has 3 nitrogen and oxygen atoms in total. The van der Waals surface area contributed by atoms with Crippen LogP contribution < -0.4 is 15.4 Å². The topological polar surface area (TPSA) is 38.5 Å². The summed E-state index contributed by atoms with van der Waals surface area (Å²) in [4.78, 5) is 2.12. The zero-order valence-electron chi connectivity index (χ0n) is 8.29. The van der Waals surface area contributed by atoms with E-state index in [1.165, 1.54) is 0 Å². The number of nitrogens with zero attached hydrogens (tertiary/aromatic N) is 1. The van der Waals surface area contributed by atoms with Gasteiger partial charge in [-0.1, -0.05) is 6.58 Å². The summed E-state index contributed by atoms with van der Waals surface area (Å²) >= 11 is 0. The van der Waals surface area contributed by atoms with E-state index in [1.807, 2.05) is 25.1 Å². The number of fused-ring (bicyclic) bond motifs is 1. The van der Waals surface area contributed by atoms with Crippen LogP contribution in [0.1, 0.15) is 6.92 Å².